The highest BCUT2D eigenvalue weighted by molar-refractivity contribution is 6.33. The summed E-state index contributed by atoms with van der Waals surface area (Å²) in [4.78, 5) is 21.7. The number of pyridine rings is 1. The highest BCUT2D eigenvalue weighted by Crippen LogP contribution is 2.28. The summed E-state index contributed by atoms with van der Waals surface area (Å²) in [6.45, 7) is 5.26. The molecule has 3 fully saturated rings. The molecule has 1 saturated carbocycles. The minimum atomic E-state index is 0.0564. The highest BCUT2D eigenvalue weighted by atomic mass is 35.5. The molecule has 1 aliphatic carbocycles. The zero-order valence-corrected chi connectivity index (χ0v) is 17.6. The number of carbonyl (C=O) groups is 1. The summed E-state index contributed by atoms with van der Waals surface area (Å²) in [6.07, 6.45) is 13.0. The SMILES string of the molecule is O=C(c1cnc(NC2CCN(CC3CCCC3)CC2)c(Cl)c1)N1CCCCC1. The van der Waals surface area contributed by atoms with Crippen LogP contribution in [0.4, 0.5) is 5.82 Å². The van der Waals surface area contributed by atoms with Crippen molar-refractivity contribution in [3.8, 4) is 0 Å². The Labute approximate surface area is 173 Å². The molecule has 154 valence electrons. The topological polar surface area (TPSA) is 48.5 Å². The second-order valence-corrected chi connectivity index (χ2v) is 9.18. The van der Waals surface area contributed by atoms with Gasteiger partial charge in [-0.05, 0) is 56.9 Å². The summed E-state index contributed by atoms with van der Waals surface area (Å²) in [5, 5.41) is 4.07. The molecule has 3 heterocycles. The van der Waals surface area contributed by atoms with Crippen molar-refractivity contribution in [2.45, 2.75) is 63.8 Å². The monoisotopic (exact) mass is 404 g/mol. The third kappa shape index (κ3) is 4.98. The number of nitrogens with one attached hydrogen (secondary N) is 1. The Hall–Kier alpha value is -1.33. The third-order valence-electron chi connectivity index (χ3n) is 6.65. The summed E-state index contributed by atoms with van der Waals surface area (Å²) in [7, 11) is 0. The molecule has 4 rings (SSSR count). The van der Waals surface area contributed by atoms with Crippen LogP contribution in [0.15, 0.2) is 12.3 Å². The first-order chi connectivity index (χ1) is 13.7. The summed E-state index contributed by atoms with van der Waals surface area (Å²) >= 11 is 6.47. The van der Waals surface area contributed by atoms with Crippen LogP contribution in [0.1, 0.15) is 68.1 Å². The van der Waals surface area contributed by atoms with Crippen molar-refractivity contribution in [2.24, 2.45) is 5.92 Å². The molecule has 2 aliphatic heterocycles. The van der Waals surface area contributed by atoms with Gasteiger partial charge in [0.05, 0.1) is 10.6 Å². The molecule has 0 bridgehead atoms. The number of hydrogen-bond acceptors (Lipinski definition) is 4. The van der Waals surface area contributed by atoms with E-state index < -0.39 is 0 Å². The van der Waals surface area contributed by atoms with Gasteiger partial charge in [0.2, 0.25) is 0 Å². The Balaban J connectivity index is 1.28. The highest BCUT2D eigenvalue weighted by Gasteiger charge is 2.24. The normalized spacial score (nSPS) is 22.5. The van der Waals surface area contributed by atoms with Gasteiger partial charge in [-0.1, -0.05) is 24.4 Å². The van der Waals surface area contributed by atoms with E-state index in [0.29, 0.717) is 22.4 Å². The Morgan fingerprint density at radius 2 is 1.75 bits per heavy atom. The standard InChI is InChI=1S/C22H33ClN4O/c23-20-14-18(22(28)27-10-4-1-5-11-27)15-24-21(20)25-19-8-12-26(13-9-19)16-17-6-2-3-7-17/h14-15,17,19H,1-13,16H2,(H,24,25). The number of halogens is 1. The maximum Gasteiger partial charge on any atom is 0.255 e. The van der Waals surface area contributed by atoms with Crippen LogP contribution in [-0.2, 0) is 0 Å². The lowest BCUT2D eigenvalue weighted by atomic mass is 10.0. The van der Waals surface area contributed by atoms with Crippen molar-refractivity contribution < 1.29 is 4.79 Å². The van der Waals surface area contributed by atoms with Crippen LogP contribution in [0.5, 0.6) is 0 Å². The number of nitrogens with zero attached hydrogens (tertiary/aromatic N) is 3. The molecule has 1 N–H and O–H groups in total. The van der Waals surface area contributed by atoms with E-state index in [9.17, 15) is 4.79 Å². The van der Waals surface area contributed by atoms with Gasteiger partial charge >= 0.3 is 0 Å². The van der Waals surface area contributed by atoms with Crippen LogP contribution >= 0.6 is 11.6 Å². The van der Waals surface area contributed by atoms with Gasteiger partial charge in [-0.3, -0.25) is 4.79 Å². The molecule has 6 heteroatoms. The van der Waals surface area contributed by atoms with E-state index in [4.69, 9.17) is 11.6 Å². The van der Waals surface area contributed by atoms with Gasteiger partial charge in [-0.25, -0.2) is 4.98 Å². The third-order valence-corrected chi connectivity index (χ3v) is 6.94. The molecule has 0 atom stereocenters. The van der Waals surface area contributed by atoms with Crippen LogP contribution in [-0.4, -0.2) is 59.5 Å². The summed E-state index contributed by atoms with van der Waals surface area (Å²) < 4.78 is 0. The number of likely N-dealkylation sites (tertiary alicyclic amines) is 2. The van der Waals surface area contributed by atoms with Crippen molar-refractivity contribution in [3.63, 3.8) is 0 Å². The van der Waals surface area contributed by atoms with Gasteiger partial charge in [0.15, 0.2) is 0 Å². The van der Waals surface area contributed by atoms with Gasteiger partial charge in [-0.2, -0.15) is 0 Å². The van der Waals surface area contributed by atoms with Crippen molar-refractivity contribution in [3.05, 3.63) is 22.8 Å². The van der Waals surface area contributed by atoms with Gasteiger partial charge in [0.25, 0.3) is 5.91 Å². The zero-order chi connectivity index (χ0) is 19.3. The van der Waals surface area contributed by atoms with Gasteiger partial charge in [0.1, 0.15) is 5.82 Å². The molecule has 3 aliphatic rings. The molecule has 0 aromatic carbocycles. The molecule has 1 aromatic heterocycles. The minimum absolute atomic E-state index is 0.0564. The number of aromatic nitrogens is 1. The Kier molecular flexibility index (Phi) is 6.73. The number of anilines is 1. The van der Waals surface area contributed by atoms with E-state index in [1.807, 2.05) is 4.90 Å². The molecule has 0 spiro atoms. The lowest BCUT2D eigenvalue weighted by Crippen LogP contribution is -2.41. The van der Waals surface area contributed by atoms with Crippen molar-refractivity contribution in [2.75, 3.05) is 38.0 Å². The van der Waals surface area contributed by atoms with Crippen LogP contribution in [0, 0.1) is 5.92 Å². The predicted octanol–water partition coefficient (Wildman–Crippen LogP) is 4.43. The van der Waals surface area contributed by atoms with E-state index in [1.165, 1.54) is 38.6 Å². The second kappa shape index (κ2) is 9.45. The first-order valence-electron chi connectivity index (χ1n) is 11.1. The fraction of sp³-hybridized carbons (Fsp3) is 0.727. The lowest BCUT2D eigenvalue weighted by molar-refractivity contribution is 0.0724. The minimum Gasteiger partial charge on any atom is -0.366 e. The van der Waals surface area contributed by atoms with Crippen molar-refractivity contribution >= 4 is 23.3 Å². The average molecular weight is 405 g/mol. The van der Waals surface area contributed by atoms with Crippen LogP contribution in [0.25, 0.3) is 0 Å². The number of carbonyl (C=O) groups excluding carboxylic acids is 1. The van der Waals surface area contributed by atoms with E-state index in [0.717, 1.165) is 57.8 Å². The Morgan fingerprint density at radius 3 is 2.43 bits per heavy atom. The zero-order valence-electron chi connectivity index (χ0n) is 16.8. The quantitative estimate of drug-likeness (QED) is 0.788. The summed E-state index contributed by atoms with van der Waals surface area (Å²) in [5.74, 6) is 1.69. The Bertz CT molecular complexity index is 663. The molecule has 5 nitrogen and oxygen atoms in total. The van der Waals surface area contributed by atoms with E-state index >= 15 is 0 Å². The van der Waals surface area contributed by atoms with Crippen LogP contribution in [0.2, 0.25) is 5.02 Å². The molecule has 1 amide bonds. The van der Waals surface area contributed by atoms with E-state index in [-0.39, 0.29) is 5.91 Å². The summed E-state index contributed by atoms with van der Waals surface area (Å²) in [5.41, 5.74) is 0.601. The van der Waals surface area contributed by atoms with Gasteiger partial charge in [-0.15, -0.1) is 0 Å². The number of amides is 1. The molecular formula is C22H33ClN4O. The molecule has 0 radical (unpaired) electrons. The first-order valence-corrected chi connectivity index (χ1v) is 11.5. The maximum atomic E-state index is 12.6. The predicted molar refractivity (Wildman–Crippen MR) is 114 cm³/mol. The second-order valence-electron chi connectivity index (χ2n) is 8.78. The molecule has 2 saturated heterocycles. The Morgan fingerprint density at radius 1 is 1.04 bits per heavy atom. The maximum absolute atomic E-state index is 12.6. The smallest absolute Gasteiger partial charge is 0.255 e. The molecule has 28 heavy (non-hydrogen) atoms. The number of hydrogen-bond donors (Lipinski definition) is 1. The van der Waals surface area contributed by atoms with Crippen LogP contribution in [0.3, 0.4) is 0 Å². The van der Waals surface area contributed by atoms with Crippen molar-refractivity contribution in [1.82, 2.24) is 14.8 Å². The average Bonchev–Trinajstić information content (AvgIpc) is 3.24. The van der Waals surface area contributed by atoms with Crippen molar-refractivity contribution in [1.29, 1.82) is 0 Å². The van der Waals surface area contributed by atoms with E-state index in [2.05, 4.69) is 15.2 Å². The molecule has 0 unspecified atom stereocenters. The van der Waals surface area contributed by atoms with Gasteiger partial charge in [0, 0.05) is 45.0 Å². The largest absolute Gasteiger partial charge is 0.366 e. The summed E-state index contributed by atoms with van der Waals surface area (Å²) in [6, 6.07) is 2.19. The fourth-order valence-electron chi connectivity index (χ4n) is 4.95. The fourth-order valence-corrected chi connectivity index (χ4v) is 5.17. The lowest BCUT2D eigenvalue weighted by Gasteiger charge is -2.34. The first kappa shape index (κ1) is 20.0. The van der Waals surface area contributed by atoms with E-state index in [1.54, 1.807) is 12.3 Å². The number of piperidine rings is 2. The molecule has 1 aromatic rings. The number of rotatable bonds is 5. The molecular weight excluding hydrogens is 372 g/mol. The van der Waals surface area contributed by atoms with Crippen LogP contribution < -0.4 is 5.32 Å². The van der Waals surface area contributed by atoms with Gasteiger partial charge < -0.3 is 15.1 Å².